The van der Waals surface area contributed by atoms with E-state index in [1.54, 1.807) is 21.3 Å². The Balaban J connectivity index is 3.24. The highest BCUT2D eigenvalue weighted by atomic mass is 28.4. The maximum absolute atomic E-state index is 11.0. The molecule has 0 unspecified atom stereocenters. The molecule has 0 heterocycles. The number of carbonyl (C=O) groups is 1. The minimum absolute atomic E-state index is 0.0788. The Bertz CT molecular complexity index is 326. The molecule has 0 rings (SSSR count). The second-order valence-electron chi connectivity index (χ2n) is 7.22. The predicted octanol–water partition coefficient (Wildman–Crippen LogP) is 5.89. The Morgan fingerprint density at radius 1 is 0.630 bits per heavy atom. The van der Waals surface area contributed by atoms with E-state index in [4.69, 9.17) is 18.0 Å². The number of hydrogen-bond donors (Lipinski definition) is 0. The van der Waals surface area contributed by atoms with Crippen molar-refractivity contribution in [3.8, 4) is 0 Å². The van der Waals surface area contributed by atoms with E-state index in [1.165, 1.54) is 70.6 Å². The van der Waals surface area contributed by atoms with Crippen LogP contribution in [-0.4, -0.2) is 42.7 Å². The van der Waals surface area contributed by atoms with Gasteiger partial charge in [-0.25, -0.2) is 0 Å². The molecular weight excluding hydrogens is 360 g/mol. The number of ether oxygens (including phenoxy) is 1. The Morgan fingerprint density at radius 2 is 1.00 bits per heavy atom. The quantitative estimate of drug-likeness (QED) is 0.144. The highest BCUT2D eigenvalue weighted by molar-refractivity contribution is 6.60. The SMILES string of the molecule is CCC(=O)OCCCCCCCCCCCCCCC[Si](OC)(OC)OC. The fourth-order valence-electron chi connectivity index (χ4n) is 3.23. The molecule has 162 valence electrons. The zero-order valence-corrected chi connectivity index (χ0v) is 19.4. The summed E-state index contributed by atoms with van der Waals surface area (Å²) in [6, 6.07) is 0.914. The molecule has 0 aliphatic heterocycles. The number of hydrogen-bond acceptors (Lipinski definition) is 5. The summed E-state index contributed by atoms with van der Waals surface area (Å²) in [7, 11) is 2.70. The van der Waals surface area contributed by atoms with Crippen molar-refractivity contribution in [1.29, 1.82) is 0 Å². The molecule has 27 heavy (non-hydrogen) atoms. The van der Waals surface area contributed by atoms with E-state index in [-0.39, 0.29) is 5.97 Å². The summed E-state index contributed by atoms with van der Waals surface area (Å²) < 4.78 is 21.4. The van der Waals surface area contributed by atoms with Crippen LogP contribution in [0.25, 0.3) is 0 Å². The summed E-state index contributed by atoms with van der Waals surface area (Å²) >= 11 is 0. The maximum Gasteiger partial charge on any atom is 0.500 e. The summed E-state index contributed by atoms with van der Waals surface area (Å²) in [4.78, 5) is 11.0. The third-order valence-electron chi connectivity index (χ3n) is 5.11. The summed E-state index contributed by atoms with van der Waals surface area (Å²) in [5.41, 5.74) is 0. The predicted molar refractivity (Wildman–Crippen MR) is 113 cm³/mol. The van der Waals surface area contributed by atoms with Gasteiger partial charge >= 0.3 is 14.8 Å². The van der Waals surface area contributed by atoms with E-state index in [0.717, 1.165) is 18.9 Å². The molecule has 0 saturated heterocycles. The normalized spacial score (nSPS) is 11.7. The van der Waals surface area contributed by atoms with Crippen LogP contribution in [-0.2, 0) is 22.8 Å². The van der Waals surface area contributed by atoms with Gasteiger partial charge in [-0.2, -0.15) is 0 Å². The van der Waals surface area contributed by atoms with E-state index >= 15 is 0 Å². The maximum atomic E-state index is 11.0. The first-order valence-electron chi connectivity index (χ1n) is 10.9. The summed E-state index contributed by atoms with van der Waals surface area (Å²) in [5.74, 6) is -0.0788. The van der Waals surface area contributed by atoms with Crippen molar-refractivity contribution in [3.63, 3.8) is 0 Å². The van der Waals surface area contributed by atoms with E-state index in [9.17, 15) is 4.79 Å². The lowest BCUT2D eigenvalue weighted by Gasteiger charge is -2.24. The minimum atomic E-state index is -2.35. The Kier molecular flexibility index (Phi) is 18.6. The standard InChI is InChI=1S/C21H44O5Si/c1-5-21(22)26-19-17-15-13-11-9-7-6-8-10-12-14-16-18-20-27(23-2,24-3)25-4/h5-20H2,1-4H3. The molecule has 5 nitrogen and oxygen atoms in total. The molecule has 0 aromatic rings. The highest BCUT2D eigenvalue weighted by Gasteiger charge is 2.36. The molecule has 0 bridgehead atoms. The van der Waals surface area contributed by atoms with Gasteiger partial charge in [0.05, 0.1) is 6.61 Å². The van der Waals surface area contributed by atoms with Crippen molar-refractivity contribution in [2.75, 3.05) is 27.9 Å². The van der Waals surface area contributed by atoms with Crippen LogP contribution in [0.1, 0.15) is 96.8 Å². The molecule has 0 fully saturated rings. The molecular formula is C21H44O5Si. The second kappa shape index (κ2) is 18.9. The molecule has 6 heteroatoms. The van der Waals surface area contributed by atoms with Gasteiger partial charge in [0.25, 0.3) is 0 Å². The van der Waals surface area contributed by atoms with Crippen LogP contribution in [0.3, 0.4) is 0 Å². The van der Waals surface area contributed by atoms with Gasteiger partial charge in [0.15, 0.2) is 0 Å². The van der Waals surface area contributed by atoms with Crippen molar-refractivity contribution in [1.82, 2.24) is 0 Å². The number of esters is 1. The molecule has 0 aromatic heterocycles. The first kappa shape index (κ1) is 26.6. The molecule has 0 aliphatic carbocycles. The number of carbonyl (C=O) groups excluding carboxylic acids is 1. The van der Waals surface area contributed by atoms with E-state index in [1.807, 2.05) is 6.92 Å². The molecule has 0 N–H and O–H groups in total. The number of rotatable bonds is 20. The van der Waals surface area contributed by atoms with E-state index < -0.39 is 8.80 Å². The highest BCUT2D eigenvalue weighted by Crippen LogP contribution is 2.18. The smallest absolute Gasteiger partial charge is 0.466 e. The van der Waals surface area contributed by atoms with Gasteiger partial charge < -0.3 is 18.0 Å². The van der Waals surface area contributed by atoms with Gasteiger partial charge in [0, 0.05) is 33.8 Å². The molecule has 0 aromatic carbocycles. The molecule has 0 atom stereocenters. The molecule has 0 amide bonds. The second-order valence-corrected chi connectivity index (χ2v) is 10.3. The third kappa shape index (κ3) is 15.2. The van der Waals surface area contributed by atoms with Crippen LogP contribution in [0.2, 0.25) is 6.04 Å². The van der Waals surface area contributed by atoms with Gasteiger partial charge in [-0.3, -0.25) is 4.79 Å². The van der Waals surface area contributed by atoms with Crippen LogP contribution in [0.5, 0.6) is 0 Å². The molecule has 0 saturated carbocycles. The summed E-state index contributed by atoms with van der Waals surface area (Å²) in [6.07, 6.45) is 17.0. The Morgan fingerprint density at radius 3 is 1.37 bits per heavy atom. The van der Waals surface area contributed by atoms with Gasteiger partial charge in [-0.05, 0) is 12.8 Å². The van der Waals surface area contributed by atoms with E-state index in [0.29, 0.717) is 13.0 Å². The summed E-state index contributed by atoms with van der Waals surface area (Å²) in [5, 5.41) is 0. The van der Waals surface area contributed by atoms with Crippen molar-refractivity contribution in [2.45, 2.75) is 103 Å². The lowest BCUT2D eigenvalue weighted by molar-refractivity contribution is -0.143. The van der Waals surface area contributed by atoms with Crippen LogP contribution in [0.4, 0.5) is 0 Å². The van der Waals surface area contributed by atoms with Crippen molar-refractivity contribution < 1.29 is 22.8 Å². The zero-order valence-electron chi connectivity index (χ0n) is 18.4. The summed E-state index contributed by atoms with van der Waals surface area (Å²) in [6.45, 7) is 2.43. The number of unbranched alkanes of at least 4 members (excludes halogenated alkanes) is 12. The Hall–Kier alpha value is -0.433. The zero-order chi connectivity index (χ0) is 20.2. The van der Waals surface area contributed by atoms with Crippen LogP contribution < -0.4 is 0 Å². The van der Waals surface area contributed by atoms with Crippen LogP contribution in [0.15, 0.2) is 0 Å². The topological polar surface area (TPSA) is 54.0 Å². The third-order valence-corrected chi connectivity index (χ3v) is 7.94. The average molecular weight is 405 g/mol. The largest absolute Gasteiger partial charge is 0.500 e. The van der Waals surface area contributed by atoms with Gasteiger partial charge in [0.2, 0.25) is 0 Å². The lowest BCUT2D eigenvalue weighted by atomic mass is 10.0. The average Bonchev–Trinajstić information content (AvgIpc) is 2.70. The molecule has 0 aliphatic rings. The van der Waals surface area contributed by atoms with Crippen molar-refractivity contribution in [3.05, 3.63) is 0 Å². The fraction of sp³-hybridized carbons (Fsp3) is 0.952. The first-order chi connectivity index (χ1) is 13.1. The van der Waals surface area contributed by atoms with Crippen molar-refractivity contribution in [2.24, 2.45) is 0 Å². The fourth-order valence-corrected chi connectivity index (χ4v) is 5.03. The molecule has 0 radical (unpaired) electrons. The first-order valence-corrected chi connectivity index (χ1v) is 12.9. The van der Waals surface area contributed by atoms with Gasteiger partial charge in [0.1, 0.15) is 0 Å². The monoisotopic (exact) mass is 404 g/mol. The van der Waals surface area contributed by atoms with Crippen LogP contribution in [0, 0.1) is 0 Å². The lowest BCUT2D eigenvalue weighted by Crippen LogP contribution is -2.42. The molecule has 0 spiro atoms. The Labute approximate surface area is 168 Å². The van der Waals surface area contributed by atoms with Crippen LogP contribution >= 0.6 is 0 Å². The minimum Gasteiger partial charge on any atom is -0.466 e. The van der Waals surface area contributed by atoms with Crippen molar-refractivity contribution >= 4 is 14.8 Å². The van der Waals surface area contributed by atoms with Gasteiger partial charge in [-0.1, -0.05) is 77.6 Å². The van der Waals surface area contributed by atoms with Gasteiger partial charge in [-0.15, -0.1) is 0 Å². The van der Waals surface area contributed by atoms with E-state index in [2.05, 4.69) is 0 Å².